The molecular formula is C22H19ClN4O2. The van der Waals surface area contributed by atoms with E-state index in [-0.39, 0.29) is 11.3 Å². The summed E-state index contributed by atoms with van der Waals surface area (Å²) in [6.45, 7) is 5.69. The van der Waals surface area contributed by atoms with Crippen molar-refractivity contribution in [2.45, 2.75) is 26.8 Å². The van der Waals surface area contributed by atoms with Gasteiger partial charge in [0.25, 0.3) is 5.56 Å². The number of halogens is 1. The van der Waals surface area contributed by atoms with Gasteiger partial charge in [-0.05, 0) is 68.3 Å². The zero-order valence-corrected chi connectivity index (χ0v) is 17.0. The second kappa shape index (κ2) is 7.29. The Balaban J connectivity index is 1.76. The quantitative estimate of drug-likeness (QED) is 0.474. The Kier molecular flexibility index (Phi) is 4.80. The lowest BCUT2D eigenvalue weighted by Gasteiger charge is -2.14. The SMILES string of the molecule is Cc1cc(C)cc(-n2ncc3c(=O)n([C@@H](C)C(=O)c4ccc(Cl)cc4)cnc32)c1. The van der Waals surface area contributed by atoms with E-state index in [2.05, 4.69) is 16.1 Å². The summed E-state index contributed by atoms with van der Waals surface area (Å²) in [5.74, 6) is -0.188. The lowest BCUT2D eigenvalue weighted by Crippen LogP contribution is -2.28. The minimum atomic E-state index is -0.704. The van der Waals surface area contributed by atoms with E-state index in [1.165, 1.54) is 17.1 Å². The highest BCUT2D eigenvalue weighted by atomic mass is 35.5. The van der Waals surface area contributed by atoms with Gasteiger partial charge in [-0.3, -0.25) is 14.2 Å². The third-order valence-corrected chi connectivity index (χ3v) is 5.14. The monoisotopic (exact) mass is 406 g/mol. The van der Waals surface area contributed by atoms with Gasteiger partial charge >= 0.3 is 0 Å². The van der Waals surface area contributed by atoms with Crippen molar-refractivity contribution in [1.82, 2.24) is 19.3 Å². The van der Waals surface area contributed by atoms with Crippen LogP contribution in [0.3, 0.4) is 0 Å². The average Bonchev–Trinajstić information content (AvgIpc) is 3.12. The van der Waals surface area contributed by atoms with Crippen LogP contribution in [0, 0.1) is 13.8 Å². The third kappa shape index (κ3) is 3.47. The molecule has 0 spiro atoms. The van der Waals surface area contributed by atoms with Crippen molar-refractivity contribution in [3.63, 3.8) is 0 Å². The number of benzene rings is 2. The van der Waals surface area contributed by atoms with Gasteiger partial charge in [0.2, 0.25) is 0 Å². The van der Waals surface area contributed by atoms with Gasteiger partial charge < -0.3 is 0 Å². The van der Waals surface area contributed by atoms with Crippen LogP contribution in [0.1, 0.15) is 34.5 Å². The molecule has 0 amide bonds. The van der Waals surface area contributed by atoms with Crippen molar-refractivity contribution in [2.24, 2.45) is 0 Å². The number of aromatic nitrogens is 4. The van der Waals surface area contributed by atoms with E-state index >= 15 is 0 Å². The van der Waals surface area contributed by atoms with Gasteiger partial charge in [-0.15, -0.1) is 0 Å². The van der Waals surface area contributed by atoms with Crippen LogP contribution < -0.4 is 5.56 Å². The number of hydrogen-bond donors (Lipinski definition) is 0. The summed E-state index contributed by atoms with van der Waals surface area (Å²) < 4.78 is 2.99. The van der Waals surface area contributed by atoms with Crippen molar-refractivity contribution in [3.8, 4) is 5.69 Å². The Labute approximate surface area is 172 Å². The van der Waals surface area contributed by atoms with Crippen LogP contribution in [-0.4, -0.2) is 25.1 Å². The fourth-order valence-corrected chi connectivity index (χ4v) is 3.57. The Morgan fingerprint density at radius 2 is 1.72 bits per heavy atom. The van der Waals surface area contributed by atoms with Gasteiger partial charge in [0.15, 0.2) is 11.4 Å². The number of aryl methyl sites for hydroxylation is 2. The summed E-state index contributed by atoms with van der Waals surface area (Å²) in [4.78, 5) is 30.3. The number of hydrogen-bond acceptors (Lipinski definition) is 4. The standard InChI is InChI=1S/C22H19ClN4O2/c1-13-8-14(2)10-18(9-13)27-21-19(11-25-27)22(29)26(12-24-21)15(3)20(28)16-4-6-17(23)7-5-16/h4-12,15H,1-3H3/t15-/m0/s1. The maximum Gasteiger partial charge on any atom is 0.265 e. The maximum atomic E-state index is 13.0. The van der Waals surface area contributed by atoms with E-state index in [9.17, 15) is 9.59 Å². The molecule has 0 N–H and O–H groups in total. The number of rotatable bonds is 4. The molecular weight excluding hydrogens is 388 g/mol. The summed E-state index contributed by atoms with van der Waals surface area (Å²) in [6.07, 6.45) is 2.91. The molecule has 0 fully saturated rings. The van der Waals surface area contributed by atoms with Crippen LogP contribution in [0.4, 0.5) is 0 Å². The first-order valence-electron chi connectivity index (χ1n) is 9.18. The van der Waals surface area contributed by atoms with Crippen molar-refractivity contribution >= 4 is 28.4 Å². The molecule has 0 aliphatic carbocycles. The fraction of sp³-hybridized carbons (Fsp3) is 0.182. The highest BCUT2D eigenvalue weighted by Crippen LogP contribution is 2.19. The van der Waals surface area contributed by atoms with E-state index in [4.69, 9.17) is 11.6 Å². The molecule has 2 aromatic carbocycles. The first kappa shape index (κ1) is 19.1. The second-order valence-electron chi connectivity index (χ2n) is 7.14. The van der Waals surface area contributed by atoms with Crippen molar-refractivity contribution in [2.75, 3.05) is 0 Å². The lowest BCUT2D eigenvalue weighted by atomic mass is 10.1. The van der Waals surface area contributed by atoms with Gasteiger partial charge in [-0.25, -0.2) is 9.67 Å². The topological polar surface area (TPSA) is 69.8 Å². The van der Waals surface area contributed by atoms with Crippen LogP contribution in [0.25, 0.3) is 16.7 Å². The van der Waals surface area contributed by atoms with Gasteiger partial charge in [0.05, 0.1) is 17.9 Å². The number of carbonyl (C=O) groups excluding carboxylic acids is 1. The largest absolute Gasteiger partial charge is 0.292 e. The molecule has 2 aromatic heterocycles. The van der Waals surface area contributed by atoms with Crippen LogP contribution in [-0.2, 0) is 0 Å². The Bertz CT molecular complexity index is 1270. The Hall–Kier alpha value is -3.25. The average molecular weight is 407 g/mol. The van der Waals surface area contributed by atoms with E-state index < -0.39 is 6.04 Å². The molecule has 7 heteroatoms. The molecule has 0 bridgehead atoms. The number of nitrogens with zero attached hydrogens (tertiary/aromatic N) is 4. The molecule has 29 heavy (non-hydrogen) atoms. The van der Waals surface area contributed by atoms with Crippen molar-refractivity contribution in [3.05, 3.63) is 87.1 Å². The molecule has 0 unspecified atom stereocenters. The third-order valence-electron chi connectivity index (χ3n) is 4.89. The number of ketones is 1. The smallest absolute Gasteiger partial charge is 0.265 e. The highest BCUT2D eigenvalue weighted by molar-refractivity contribution is 6.30. The molecule has 0 saturated carbocycles. The molecule has 4 aromatic rings. The summed E-state index contributed by atoms with van der Waals surface area (Å²) in [5, 5.41) is 5.28. The van der Waals surface area contributed by atoms with Crippen molar-refractivity contribution in [1.29, 1.82) is 0 Å². The molecule has 4 rings (SSSR count). The fourth-order valence-electron chi connectivity index (χ4n) is 3.44. The molecule has 6 nitrogen and oxygen atoms in total. The lowest BCUT2D eigenvalue weighted by molar-refractivity contribution is 0.0932. The first-order chi connectivity index (χ1) is 13.8. The molecule has 0 aliphatic rings. The van der Waals surface area contributed by atoms with E-state index in [1.54, 1.807) is 35.9 Å². The number of carbonyl (C=O) groups is 1. The summed E-state index contributed by atoms with van der Waals surface area (Å²) in [6, 6.07) is 11.9. The van der Waals surface area contributed by atoms with Crippen LogP contribution >= 0.6 is 11.6 Å². The normalized spacial score (nSPS) is 12.3. The van der Waals surface area contributed by atoms with Crippen molar-refractivity contribution < 1.29 is 4.79 Å². The molecule has 1 atom stereocenters. The zero-order chi connectivity index (χ0) is 20.7. The second-order valence-corrected chi connectivity index (χ2v) is 7.58. The Morgan fingerprint density at radius 1 is 1.07 bits per heavy atom. The summed E-state index contributed by atoms with van der Waals surface area (Å²) in [7, 11) is 0. The summed E-state index contributed by atoms with van der Waals surface area (Å²) >= 11 is 5.89. The van der Waals surface area contributed by atoms with E-state index in [0.717, 1.165) is 16.8 Å². The van der Waals surface area contributed by atoms with Gasteiger partial charge in [-0.1, -0.05) is 17.7 Å². The zero-order valence-electron chi connectivity index (χ0n) is 16.3. The predicted molar refractivity (Wildman–Crippen MR) is 113 cm³/mol. The number of fused-ring (bicyclic) bond motifs is 1. The van der Waals surface area contributed by atoms with Gasteiger partial charge in [0, 0.05) is 10.6 Å². The minimum Gasteiger partial charge on any atom is -0.292 e. The highest BCUT2D eigenvalue weighted by Gasteiger charge is 2.21. The molecule has 2 heterocycles. The molecule has 146 valence electrons. The first-order valence-corrected chi connectivity index (χ1v) is 9.56. The predicted octanol–water partition coefficient (Wildman–Crippen LogP) is 4.30. The molecule has 0 radical (unpaired) electrons. The van der Waals surface area contributed by atoms with Gasteiger partial charge in [-0.2, -0.15) is 5.10 Å². The van der Waals surface area contributed by atoms with Crippen LogP contribution in [0.15, 0.2) is 59.8 Å². The maximum absolute atomic E-state index is 13.0. The number of Topliss-reactive ketones (excluding diaryl/α,β-unsaturated/α-hetero) is 1. The van der Waals surface area contributed by atoms with Crippen LogP contribution in [0.5, 0.6) is 0 Å². The minimum absolute atomic E-state index is 0.188. The van der Waals surface area contributed by atoms with Gasteiger partial charge in [0.1, 0.15) is 11.7 Å². The van der Waals surface area contributed by atoms with E-state index in [0.29, 0.717) is 21.6 Å². The Morgan fingerprint density at radius 3 is 2.38 bits per heavy atom. The van der Waals surface area contributed by atoms with Crippen LogP contribution in [0.2, 0.25) is 5.02 Å². The molecule has 0 saturated heterocycles. The van der Waals surface area contributed by atoms with E-state index in [1.807, 2.05) is 26.0 Å². The summed E-state index contributed by atoms with van der Waals surface area (Å²) in [5.41, 5.74) is 3.67. The molecule has 0 aliphatic heterocycles.